The zero-order valence-corrected chi connectivity index (χ0v) is 18.3. The van der Waals surface area contributed by atoms with Crippen LogP contribution in [-0.2, 0) is 11.3 Å². The molecule has 1 heterocycles. The van der Waals surface area contributed by atoms with Gasteiger partial charge in [-0.2, -0.15) is 0 Å². The largest absolute Gasteiger partial charge is 0.497 e. The first-order valence-electron chi connectivity index (χ1n) is 9.21. The third-order valence-electron chi connectivity index (χ3n) is 4.58. The maximum Gasteiger partial charge on any atom is 0.188 e. The van der Waals surface area contributed by atoms with Crippen molar-refractivity contribution in [2.45, 2.75) is 38.8 Å². The molecular weight excluding hydrogens is 443 g/mol. The zero-order chi connectivity index (χ0) is 17.9. The molecule has 7 heteroatoms. The number of ether oxygens (including phenoxy) is 2. The lowest BCUT2D eigenvalue weighted by Crippen LogP contribution is -2.36. The number of nitrogens with zero attached hydrogens (tertiary/aromatic N) is 2. The first-order chi connectivity index (χ1) is 12.2. The summed E-state index contributed by atoms with van der Waals surface area (Å²) in [5, 5.41) is 3.17. The molecule has 1 aliphatic rings. The van der Waals surface area contributed by atoms with Gasteiger partial charge in [0.15, 0.2) is 5.96 Å². The van der Waals surface area contributed by atoms with Gasteiger partial charge in [0.1, 0.15) is 5.75 Å². The average Bonchev–Trinajstić information content (AvgIpc) is 3.11. The Bertz CT molecular complexity index is 525. The van der Waals surface area contributed by atoms with Crippen molar-refractivity contribution in [2.75, 3.05) is 39.9 Å². The lowest BCUT2D eigenvalue weighted by molar-refractivity contribution is 0.119. The summed E-state index contributed by atoms with van der Waals surface area (Å²) in [4.78, 5) is 6.95. The van der Waals surface area contributed by atoms with Crippen LogP contribution in [0, 0.1) is 0 Å². The van der Waals surface area contributed by atoms with Crippen molar-refractivity contribution in [3.8, 4) is 5.75 Å². The minimum absolute atomic E-state index is 0. The van der Waals surface area contributed by atoms with E-state index in [1.54, 1.807) is 7.11 Å². The molecule has 1 saturated heterocycles. The van der Waals surface area contributed by atoms with Gasteiger partial charge in [-0.3, -0.25) is 9.89 Å². The lowest BCUT2D eigenvalue weighted by Gasteiger charge is -2.20. The van der Waals surface area contributed by atoms with Crippen LogP contribution < -0.4 is 15.8 Å². The summed E-state index contributed by atoms with van der Waals surface area (Å²) in [6.45, 7) is 7.37. The second-order valence-electron chi connectivity index (χ2n) is 6.33. The number of benzene rings is 1. The van der Waals surface area contributed by atoms with E-state index in [1.165, 1.54) is 19.4 Å². The summed E-state index contributed by atoms with van der Waals surface area (Å²) in [6.07, 6.45) is 3.40. The summed E-state index contributed by atoms with van der Waals surface area (Å²) in [7, 11) is 1.67. The molecule has 0 amide bonds. The Morgan fingerprint density at radius 1 is 1.35 bits per heavy atom. The van der Waals surface area contributed by atoms with Crippen molar-refractivity contribution in [1.82, 2.24) is 10.2 Å². The first kappa shape index (κ1) is 23.0. The number of hydrogen-bond donors (Lipinski definition) is 2. The van der Waals surface area contributed by atoms with Crippen LogP contribution in [0.2, 0.25) is 0 Å². The van der Waals surface area contributed by atoms with Gasteiger partial charge in [-0.25, -0.2) is 0 Å². The Hall–Kier alpha value is -1.06. The number of rotatable bonds is 10. The highest BCUT2D eigenvalue weighted by atomic mass is 127. The zero-order valence-electron chi connectivity index (χ0n) is 15.9. The van der Waals surface area contributed by atoms with Crippen LogP contribution >= 0.6 is 24.0 Å². The molecular formula is C19H33IN4O2. The van der Waals surface area contributed by atoms with Gasteiger partial charge in [0, 0.05) is 19.2 Å². The van der Waals surface area contributed by atoms with Gasteiger partial charge in [-0.1, -0.05) is 19.1 Å². The van der Waals surface area contributed by atoms with Crippen molar-refractivity contribution < 1.29 is 9.47 Å². The number of guanidine groups is 1. The van der Waals surface area contributed by atoms with Crippen LogP contribution in [-0.4, -0.2) is 56.8 Å². The van der Waals surface area contributed by atoms with Gasteiger partial charge in [0.25, 0.3) is 0 Å². The summed E-state index contributed by atoms with van der Waals surface area (Å²) in [5.74, 6) is 1.40. The molecule has 26 heavy (non-hydrogen) atoms. The predicted molar refractivity (Wildman–Crippen MR) is 117 cm³/mol. The Morgan fingerprint density at radius 3 is 2.81 bits per heavy atom. The van der Waals surface area contributed by atoms with Gasteiger partial charge in [-0.05, 0) is 50.0 Å². The number of aliphatic imine (C=N–C) groups is 1. The summed E-state index contributed by atoms with van der Waals surface area (Å²) >= 11 is 0. The molecule has 2 rings (SSSR count). The summed E-state index contributed by atoms with van der Waals surface area (Å²) < 4.78 is 10.8. The Morgan fingerprint density at radius 2 is 2.12 bits per heavy atom. The molecule has 148 valence electrons. The molecule has 0 aromatic heterocycles. The molecule has 3 N–H and O–H groups in total. The monoisotopic (exact) mass is 476 g/mol. The Labute approximate surface area is 174 Å². The van der Waals surface area contributed by atoms with Crippen molar-refractivity contribution in [2.24, 2.45) is 10.7 Å². The highest BCUT2D eigenvalue weighted by Crippen LogP contribution is 2.16. The molecule has 1 aromatic rings. The number of likely N-dealkylation sites (N-methyl/N-ethyl adjacent to an activating group) is 1. The molecule has 1 unspecified atom stereocenters. The summed E-state index contributed by atoms with van der Waals surface area (Å²) in [6, 6.07) is 8.48. The van der Waals surface area contributed by atoms with Crippen molar-refractivity contribution in [1.29, 1.82) is 0 Å². The topological polar surface area (TPSA) is 72.1 Å². The third kappa shape index (κ3) is 8.09. The Balaban J connectivity index is 0.00000338. The third-order valence-corrected chi connectivity index (χ3v) is 4.58. The van der Waals surface area contributed by atoms with Crippen LogP contribution in [0.1, 0.15) is 31.7 Å². The van der Waals surface area contributed by atoms with Crippen LogP contribution in [0.15, 0.2) is 29.3 Å². The van der Waals surface area contributed by atoms with Crippen LogP contribution in [0.25, 0.3) is 0 Å². The highest BCUT2D eigenvalue weighted by molar-refractivity contribution is 14.0. The quantitative estimate of drug-likeness (QED) is 0.235. The minimum atomic E-state index is 0. The van der Waals surface area contributed by atoms with Crippen LogP contribution in [0.3, 0.4) is 0 Å². The van der Waals surface area contributed by atoms with E-state index in [0.717, 1.165) is 37.4 Å². The van der Waals surface area contributed by atoms with Crippen molar-refractivity contribution >= 4 is 29.9 Å². The standard InChI is InChI=1S/C19H32N4O2.HI/c1-3-23-12-4-6-17(23)14-22-19(20)21-11-5-13-25-15-16-7-9-18(24-2)10-8-16;/h7-10,17H,3-6,11-15H2,1-2H3,(H3,20,21,22);1H. The van der Waals surface area contributed by atoms with Gasteiger partial charge in [0.05, 0.1) is 20.3 Å². The van der Waals surface area contributed by atoms with Gasteiger partial charge >= 0.3 is 0 Å². The van der Waals surface area contributed by atoms with E-state index in [2.05, 4.69) is 22.1 Å². The maximum atomic E-state index is 5.94. The maximum absolute atomic E-state index is 5.94. The minimum Gasteiger partial charge on any atom is -0.497 e. The van der Waals surface area contributed by atoms with E-state index in [-0.39, 0.29) is 24.0 Å². The molecule has 0 spiro atoms. The highest BCUT2D eigenvalue weighted by Gasteiger charge is 2.22. The van der Waals surface area contributed by atoms with E-state index in [4.69, 9.17) is 15.2 Å². The normalized spacial score (nSPS) is 17.8. The molecule has 6 nitrogen and oxygen atoms in total. The number of hydrogen-bond acceptors (Lipinski definition) is 4. The SMILES string of the molecule is CCN1CCCC1CN=C(N)NCCCOCc1ccc(OC)cc1.I. The van der Waals surface area contributed by atoms with Gasteiger partial charge in [0.2, 0.25) is 0 Å². The predicted octanol–water partition coefficient (Wildman–Crippen LogP) is 2.61. The van der Waals surface area contributed by atoms with Crippen molar-refractivity contribution in [3.63, 3.8) is 0 Å². The van der Waals surface area contributed by atoms with E-state index in [9.17, 15) is 0 Å². The van der Waals surface area contributed by atoms with Gasteiger partial charge < -0.3 is 20.5 Å². The molecule has 0 aliphatic carbocycles. The fourth-order valence-corrected chi connectivity index (χ4v) is 3.08. The number of nitrogens with one attached hydrogen (secondary N) is 1. The van der Waals surface area contributed by atoms with Crippen molar-refractivity contribution in [3.05, 3.63) is 29.8 Å². The number of halogens is 1. The second kappa shape index (κ2) is 13.2. The van der Waals surface area contributed by atoms with Crippen LogP contribution in [0.5, 0.6) is 5.75 Å². The van der Waals surface area contributed by atoms with E-state index in [1.807, 2.05) is 24.3 Å². The molecule has 0 bridgehead atoms. The average molecular weight is 476 g/mol. The fourth-order valence-electron chi connectivity index (χ4n) is 3.08. The van der Waals surface area contributed by atoms with E-state index in [0.29, 0.717) is 25.2 Å². The number of nitrogens with two attached hydrogens (primary N) is 1. The lowest BCUT2D eigenvalue weighted by atomic mass is 10.2. The molecule has 1 atom stereocenters. The number of likely N-dealkylation sites (tertiary alicyclic amines) is 1. The molecule has 1 fully saturated rings. The second-order valence-corrected chi connectivity index (χ2v) is 6.33. The molecule has 0 saturated carbocycles. The van der Waals surface area contributed by atoms with Gasteiger partial charge in [-0.15, -0.1) is 24.0 Å². The summed E-state index contributed by atoms with van der Waals surface area (Å²) in [5.41, 5.74) is 7.08. The fraction of sp³-hybridized carbons (Fsp3) is 0.632. The van der Waals surface area contributed by atoms with Crippen LogP contribution in [0.4, 0.5) is 0 Å². The smallest absolute Gasteiger partial charge is 0.188 e. The Kier molecular flexibility index (Phi) is 11.6. The molecule has 1 aliphatic heterocycles. The molecule has 1 aromatic carbocycles. The first-order valence-corrected chi connectivity index (χ1v) is 9.21. The number of methoxy groups -OCH3 is 1. The van der Waals surface area contributed by atoms with E-state index < -0.39 is 0 Å². The van der Waals surface area contributed by atoms with E-state index >= 15 is 0 Å². The molecule has 0 radical (unpaired) electrons.